The summed E-state index contributed by atoms with van der Waals surface area (Å²) in [4.78, 5) is 8.93. The van der Waals surface area contributed by atoms with Crippen molar-refractivity contribution in [2.24, 2.45) is 0 Å². The van der Waals surface area contributed by atoms with Crippen molar-refractivity contribution in [2.45, 2.75) is 45.3 Å². The van der Waals surface area contributed by atoms with Gasteiger partial charge in [0.25, 0.3) is 0 Å². The fraction of sp³-hybridized carbons (Fsp3) is 0.200. The summed E-state index contributed by atoms with van der Waals surface area (Å²) in [7, 11) is -1.46. The van der Waals surface area contributed by atoms with Crippen molar-refractivity contribution in [1.82, 2.24) is 9.97 Å². The first-order valence-electron chi connectivity index (χ1n) is 14.9. The number of nitrogens with zero attached hydrogens (tertiary/aromatic N) is 2. The Hall–Kier alpha value is -2.95. The molecule has 3 aromatic heterocycles. The van der Waals surface area contributed by atoms with E-state index in [0.29, 0.717) is 0 Å². The van der Waals surface area contributed by atoms with Gasteiger partial charge in [-0.1, -0.05) is 67.5 Å². The summed E-state index contributed by atoms with van der Waals surface area (Å²) in [6, 6.07) is 32.9. The van der Waals surface area contributed by atoms with E-state index in [1.165, 1.54) is 50.0 Å². The molecule has 0 aliphatic heterocycles. The molecule has 5 heteroatoms. The first kappa shape index (κ1) is 24.8. The zero-order chi connectivity index (χ0) is 29.5. The number of rotatable bonds is 4. The van der Waals surface area contributed by atoms with Gasteiger partial charge in [0.05, 0.1) is 0 Å². The van der Waals surface area contributed by atoms with Gasteiger partial charge in [-0.3, -0.25) is 0 Å². The summed E-state index contributed by atoms with van der Waals surface area (Å²) >= 11 is 1.89. The zero-order valence-corrected chi connectivity index (χ0v) is 27.0. The minimum atomic E-state index is -2.09. The Morgan fingerprint density at radius 3 is 2.30 bits per heavy atom. The van der Waals surface area contributed by atoms with Gasteiger partial charge < -0.3 is 9.97 Å². The number of pyridine rings is 2. The summed E-state index contributed by atoms with van der Waals surface area (Å²) in [6.07, 6.45) is 6.10. The quantitative estimate of drug-likeness (QED) is 0.133. The van der Waals surface area contributed by atoms with E-state index in [9.17, 15) is 0 Å². The summed E-state index contributed by atoms with van der Waals surface area (Å²) in [5.41, 5.74) is 5.44. The average molecular weight is 736 g/mol. The summed E-state index contributed by atoms with van der Waals surface area (Å²) in [5, 5.41) is 4.32. The fourth-order valence-electron chi connectivity index (χ4n) is 4.87. The molecule has 0 spiro atoms. The van der Waals surface area contributed by atoms with Crippen LogP contribution in [0.25, 0.3) is 42.7 Å². The number of fused-ring (bicyclic) bond motifs is 3. The minimum Gasteiger partial charge on any atom is -0.304 e. The molecule has 1 radical (unpaired) electrons. The predicted octanol–water partition coefficient (Wildman–Crippen LogP) is 9.19. The molecule has 0 atom stereocenters. The second kappa shape index (κ2) is 11.9. The van der Waals surface area contributed by atoms with Crippen molar-refractivity contribution in [3.63, 3.8) is 0 Å². The van der Waals surface area contributed by atoms with Gasteiger partial charge in [0.1, 0.15) is 0 Å². The second-order valence-corrected chi connectivity index (χ2v) is 17.2. The Kier molecular flexibility index (Phi) is 7.37. The first-order chi connectivity index (χ1) is 20.1. The maximum atomic E-state index is 7.23. The van der Waals surface area contributed by atoms with Crippen molar-refractivity contribution in [3.05, 3.63) is 115 Å². The van der Waals surface area contributed by atoms with E-state index < -0.39 is 14.9 Å². The van der Waals surface area contributed by atoms with Crippen LogP contribution in [0.4, 0.5) is 0 Å². The molecule has 3 heterocycles. The molecular formula is C35H32IrN2SSi-2. The zero-order valence-electron chi connectivity index (χ0n) is 25.8. The van der Waals surface area contributed by atoms with Gasteiger partial charge in [-0.25, -0.2) is 0 Å². The third kappa shape index (κ3) is 6.03. The molecule has 7 rings (SSSR count). The largest absolute Gasteiger partial charge is 0.304 e. The van der Waals surface area contributed by atoms with Crippen LogP contribution >= 0.6 is 11.3 Å². The van der Waals surface area contributed by atoms with Crippen molar-refractivity contribution in [2.75, 3.05) is 0 Å². The number of aryl methyl sites for hydroxylation is 1. The number of hydrogen-bond donors (Lipinski definition) is 0. The van der Waals surface area contributed by atoms with Crippen LogP contribution in [0.3, 0.4) is 0 Å². The summed E-state index contributed by atoms with van der Waals surface area (Å²) in [6.45, 7) is 5.17. The second-order valence-electron chi connectivity index (χ2n) is 11.1. The van der Waals surface area contributed by atoms with E-state index in [1.54, 1.807) is 18.2 Å². The molecule has 0 bridgehead atoms. The Morgan fingerprint density at radius 2 is 1.65 bits per heavy atom. The van der Waals surface area contributed by atoms with E-state index in [-0.39, 0.29) is 25.7 Å². The molecule has 1 aliphatic carbocycles. The maximum absolute atomic E-state index is 7.23. The molecule has 3 aromatic carbocycles. The molecular weight excluding hydrogens is 701 g/mol. The van der Waals surface area contributed by atoms with Gasteiger partial charge >= 0.3 is 0 Å². The molecule has 6 aromatic rings. The van der Waals surface area contributed by atoms with Gasteiger partial charge in [0.15, 0.2) is 0 Å². The Balaban J connectivity index is 0.000000188. The van der Waals surface area contributed by atoms with Gasteiger partial charge in [0.2, 0.25) is 0 Å². The van der Waals surface area contributed by atoms with Crippen LogP contribution in [-0.2, 0) is 20.1 Å². The van der Waals surface area contributed by atoms with Gasteiger partial charge in [-0.2, -0.15) is 11.3 Å². The van der Waals surface area contributed by atoms with Crippen LogP contribution < -0.4 is 5.19 Å². The standard InChI is InChI=1S/C23H22NSSi.C12H10N.Ir/c1-26(2,3)21-13-11-17(19-12-10-16(14-24-19)15-8-9-15)23-22(21)18-6-4-5-7-20(18)25-23;1-10-7-8-12(13-9-10)11-5-3-2-4-6-11;/h4-7,10,12-15H,8-9H2,1-3H3;2-5,7-9H,1H3;/q2*-1;/i;1D3;. The fourth-order valence-corrected chi connectivity index (χ4v) is 7.71. The van der Waals surface area contributed by atoms with Crippen molar-refractivity contribution in [3.8, 4) is 22.5 Å². The maximum Gasteiger partial charge on any atom is 0.0300 e. The number of hydrogen-bond acceptors (Lipinski definition) is 3. The molecule has 0 N–H and O–H groups in total. The van der Waals surface area contributed by atoms with Crippen LogP contribution in [0.5, 0.6) is 0 Å². The van der Waals surface area contributed by atoms with E-state index in [1.807, 2.05) is 29.5 Å². The third-order valence-corrected chi connectivity index (χ3v) is 10.3. The number of aromatic nitrogens is 2. The van der Waals surface area contributed by atoms with E-state index in [0.717, 1.165) is 28.4 Å². The third-order valence-electron chi connectivity index (χ3n) is 7.10. The van der Waals surface area contributed by atoms with Crippen LogP contribution in [0, 0.1) is 19.0 Å². The first-order valence-corrected chi connectivity index (χ1v) is 17.7. The van der Waals surface area contributed by atoms with Crippen LogP contribution in [0.15, 0.2) is 91.3 Å². The average Bonchev–Trinajstić information content (AvgIpc) is 3.77. The van der Waals surface area contributed by atoms with Crippen LogP contribution in [0.2, 0.25) is 19.6 Å². The van der Waals surface area contributed by atoms with Crippen molar-refractivity contribution < 1.29 is 24.2 Å². The van der Waals surface area contributed by atoms with E-state index in [4.69, 9.17) is 9.10 Å². The summed E-state index contributed by atoms with van der Waals surface area (Å²) < 4.78 is 24.4. The van der Waals surface area contributed by atoms with Crippen LogP contribution in [-0.4, -0.2) is 18.0 Å². The Bertz CT molecular complexity index is 1840. The monoisotopic (exact) mass is 736 g/mol. The molecule has 0 amide bonds. The Morgan fingerprint density at radius 1 is 0.875 bits per heavy atom. The van der Waals surface area contributed by atoms with Gasteiger partial charge in [-0.05, 0) is 64.3 Å². The minimum absolute atomic E-state index is 0. The molecule has 40 heavy (non-hydrogen) atoms. The number of thiophene rings is 1. The van der Waals surface area contributed by atoms with Gasteiger partial charge in [0, 0.05) is 49.4 Å². The summed E-state index contributed by atoms with van der Waals surface area (Å²) in [5.74, 6) is 0.749. The molecule has 203 valence electrons. The van der Waals surface area contributed by atoms with Crippen LogP contribution in [0.1, 0.15) is 34.0 Å². The molecule has 2 nitrogen and oxygen atoms in total. The topological polar surface area (TPSA) is 25.8 Å². The normalized spacial score (nSPS) is 14.4. The SMILES string of the molecule is C[Si](C)(C)c1c[c-]c(-c2ccc(C3CC3)cn2)c2sc3ccccc3c12.[2H]C([2H])([2H])c1ccc(-c2[c-]cccc2)nc1.[Ir]. The van der Waals surface area contributed by atoms with E-state index in [2.05, 4.69) is 85.4 Å². The molecule has 0 unspecified atom stereocenters. The van der Waals surface area contributed by atoms with E-state index >= 15 is 0 Å². The van der Waals surface area contributed by atoms with Gasteiger partial charge in [-0.15, -0.1) is 58.8 Å². The predicted molar refractivity (Wildman–Crippen MR) is 170 cm³/mol. The Labute approximate surface area is 260 Å². The smallest absolute Gasteiger partial charge is 0.0300 e. The van der Waals surface area contributed by atoms with Crippen molar-refractivity contribution in [1.29, 1.82) is 0 Å². The molecule has 0 saturated heterocycles. The molecule has 1 aliphatic rings. The van der Waals surface area contributed by atoms with Crippen molar-refractivity contribution >= 4 is 44.8 Å². The molecule has 1 saturated carbocycles. The molecule has 1 fully saturated rings. The number of benzene rings is 3.